The minimum atomic E-state index is -0.366. The van der Waals surface area contributed by atoms with Gasteiger partial charge >= 0.3 is 0 Å². The van der Waals surface area contributed by atoms with Gasteiger partial charge < -0.3 is 14.6 Å². The van der Waals surface area contributed by atoms with Crippen molar-refractivity contribution in [1.29, 1.82) is 5.26 Å². The Kier molecular flexibility index (Phi) is 6.17. The summed E-state index contributed by atoms with van der Waals surface area (Å²) in [7, 11) is 1.52. The van der Waals surface area contributed by atoms with Crippen molar-refractivity contribution in [2.75, 3.05) is 7.11 Å². The van der Waals surface area contributed by atoms with Crippen molar-refractivity contribution in [3.8, 4) is 17.7 Å². The molecule has 0 saturated heterocycles. The zero-order valence-corrected chi connectivity index (χ0v) is 16.0. The molecule has 0 aliphatic heterocycles. The second kappa shape index (κ2) is 8.57. The first-order chi connectivity index (χ1) is 13.0. The third-order valence-corrected chi connectivity index (χ3v) is 4.86. The number of aliphatic hydroxyl groups is 1. The van der Waals surface area contributed by atoms with Gasteiger partial charge in [0.2, 0.25) is 0 Å². The number of halogens is 2. The fourth-order valence-corrected chi connectivity index (χ4v) is 3.34. The van der Waals surface area contributed by atoms with Crippen LogP contribution in [0, 0.1) is 11.3 Å². The van der Waals surface area contributed by atoms with Crippen molar-refractivity contribution in [2.24, 2.45) is 0 Å². The molecule has 0 amide bonds. The van der Waals surface area contributed by atoms with Crippen LogP contribution in [0.4, 0.5) is 0 Å². The number of ether oxygens (including phenoxy) is 2. The van der Waals surface area contributed by atoms with Gasteiger partial charge in [0.25, 0.3) is 5.88 Å². The summed E-state index contributed by atoms with van der Waals surface area (Å²) in [4.78, 5) is 8.34. The third-order valence-electron chi connectivity index (χ3n) is 4.26. The van der Waals surface area contributed by atoms with Gasteiger partial charge in [0.15, 0.2) is 5.75 Å². The largest absolute Gasteiger partial charge is 0.491 e. The highest BCUT2D eigenvalue weighted by molar-refractivity contribution is 6.37. The lowest BCUT2D eigenvalue weighted by atomic mass is 10.1. The molecule has 8 heteroatoms. The Hall–Kier alpha value is -2.33. The molecule has 0 unspecified atom stereocenters. The fourth-order valence-electron chi connectivity index (χ4n) is 2.87. The van der Waals surface area contributed by atoms with Gasteiger partial charge in [-0.25, -0.2) is 4.98 Å². The monoisotopic (exact) mass is 405 g/mol. The molecular weight excluding hydrogens is 389 g/mol. The highest BCUT2D eigenvalue weighted by atomic mass is 35.5. The topological polar surface area (TPSA) is 88.3 Å². The van der Waals surface area contributed by atoms with E-state index in [-0.39, 0.29) is 23.7 Å². The highest BCUT2D eigenvalue weighted by Gasteiger charge is 2.26. The molecule has 2 atom stereocenters. The molecule has 0 spiro atoms. The molecule has 1 fully saturated rings. The molecule has 0 radical (unpaired) electrons. The fraction of sp³-hybridized carbons (Fsp3) is 0.316. The molecule has 3 rings (SSSR count). The van der Waals surface area contributed by atoms with Crippen molar-refractivity contribution in [2.45, 2.75) is 31.5 Å². The Morgan fingerprint density at radius 1 is 1.30 bits per heavy atom. The van der Waals surface area contributed by atoms with E-state index in [2.05, 4.69) is 16.0 Å². The summed E-state index contributed by atoms with van der Waals surface area (Å²) in [6.45, 7) is 0. The second-order valence-corrected chi connectivity index (χ2v) is 6.91. The quantitative estimate of drug-likeness (QED) is 0.751. The van der Waals surface area contributed by atoms with E-state index in [0.717, 1.165) is 6.42 Å². The number of pyridine rings is 2. The molecule has 27 heavy (non-hydrogen) atoms. The number of aromatic nitrogens is 2. The maximum absolute atomic E-state index is 9.69. The van der Waals surface area contributed by atoms with Gasteiger partial charge in [-0.2, -0.15) is 5.26 Å². The summed E-state index contributed by atoms with van der Waals surface area (Å²) in [5.41, 5.74) is 1.16. The average molecular weight is 406 g/mol. The molecule has 1 saturated carbocycles. The van der Waals surface area contributed by atoms with Crippen LogP contribution in [-0.4, -0.2) is 34.4 Å². The van der Waals surface area contributed by atoms with E-state index in [0.29, 0.717) is 39.9 Å². The first-order valence-electron chi connectivity index (χ1n) is 8.32. The van der Waals surface area contributed by atoms with E-state index in [1.54, 1.807) is 18.2 Å². The van der Waals surface area contributed by atoms with E-state index in [4.69, 9.17) is 32.7 Å². The molecule has 6 nitrogen and oxygen atoms in total. The van der Waals surface area contributed by atoms with E-state index in [1.807, 2.05) is 0 Å². The Balaban J connectivity index is 1.96. The number of nitriles is 1. The smallest absolute Gasteiger partial charge is 0.257 e. The first kappa shape index (κ1) is 19.4. The number of allylic oxidation sites excluding steroid dienone is 1. The van der Waals surface area contributed by atoms with Crippen molar-refractivity contribution in [3.05, 3.63) is 45.8 Å². The lowest BCUT2D eigenvalue weighted by molar-refractivity contribution is 0.144. The van der Waals surface area contributed by atoms with E-state index in [1.165, 1.54) is 19.5 Å². The number of methoxy groups -OCH3 is 1. The van der Waals surface area contributed by atoms with Gasteiger partial charge in [-0.05, 0) is 31.1 Å². The maximum atomic E-state index is 9.69. The maximum Gasteiger partial charge on any atom is 0.257 e. The Bertz CT molecular complexity index is 891. The van der Waals surface area contributed by atoms with Gasteiger partial charge in [-0.1, -0.05) is 23.2 Å². The zero-order chi connectivity index (χ0) is 19.4. The second-order valence-electron chi connectivity index (χ2n) is 6.10. The number of nitrogens with zero attached hydrogens (tertiary/aromatic N) is 3. The molecule has 0 aromatic carbocycles. The third kappa shape index (κ3) is 4.51. The van der Waals surface area contributed by atoms with Gasteiger partial charge in [0.05, 0.1) is 34.5 Å². The predicted molar refractivity (Wildman–Crippen MR) is 103 cm³/mol. The summed E-state index contributed by atoms with van der Waals surface area (Å²) in [5.74, 6) is 0.736. The minimum absolute atomic E-state index is 0.143. The van der Waals surface area contributed by atoms with Gasteiger partial charge in [-0.3, -0.25) is 4.98 Å². The number of aliphatic hydroxyl groups excluding tert-OH is 1. The molecule has 1 aliphatic rings. The molecule has 2 aromatic rings. The Morgan fingerprint density at radius 2 is 2.04 bits per heavy atom. The van der Waals surface area contributed by atoms with E-state index >= 15 is 0 Å². The van der Waals surface area contributed by atoms with Crippen molar-refractivity contribution < 1.29 is 14.6 Å². The minimum Gasteiger partial charge on any atom is -0.491 e. The predicted octanol–water partition coefficient (Wildman–Crippen LogP) is 4.15. The van der Waals surface area contributed by atoms with Crippen molar-refractivity contribution >= 4 is 34.9 Å². The average Bonchev–Trinajstić information content (AvgIpc) is 3.06. The van der Waals surface area contributed by atoms with E-state index in [9.17, 15) is 10.4 Å². The standard InChI is InChI=1S/C19H17Cl2N3O3/c1-26-18-5-4-17(24-19(18)27-13-3-2-12(25)7-13)11(8-22)6-14-15(20)9-23-10-16(14)21/h4-6,9-10,12-13,25H,2-3,7H2,1H3/b11-6+/t12-,13-/m1/s1. The van der Waals surface area contributed by atoms with Crippen molar-refractivity contribution in [1.82, 2.24) is 9.97 Å². The van der Waals surface area contributed by atoms with E-state index < -0.39 is 0 Å². The van der Waals surface area contributed by atoms with Crippen LogP contribution >= 0.6 is 23.2 Å². The molecule has 2 heterocycles. The lowest BCUT2D eigenvalue weighted by Crippen LogP contribution is -2.15. The highest BCUT2D eigenvalue weighted by Crippen LogP contribution is 2.33. The molecule has 2 aromatic heterocycles. The lowest BCUT2D eigenvalue weighted by Gasteiger charge is -2.15. The van der Waals surface area contributed by atoms with Crippen LogP contribution in [0.5, 0.6) is 11.6 Å². The summed E-state index contributed by atoms with van der Waals surface area (Å²) < 4.78 is 11.2. The van der Waals surface area contributed by atoms with Crippen molar-refractivity contribution in [3.63, 3.8) is 0 Å². The zero-order valence-electron chi connectivity index (χ0n) is 14.5. The van der Waals surface area contributed by atoms with Crippen LogP contribution in [0.3, 0.4) is 0 Å². The summed E-state index contributed by atoms with van der Waals surface area (Å²) in [5, 5.41) is 19.9. The SMILES string of the molecule is COc1ccc(/C(C#N)=C/c2c(Cl)cncc2Cl)nc1O[C@@H]1CC[C@@H](O)C1. The first-order valence-corrected chi connectivity index (χ1v) is 9.08. The Morgan fingerprint density at radius 3 is 2.63 bits per heavy atom. The summed E-state index contributed by atoms with van der Waals surface area (Å²) in [6.07, 6.45) is 5.92. The van der Waals surface area contributed by atoms with Crippen LogP contribution in [-0.2, 0) is 0 Å². The number of hydrogen-bond donors (Lipinski definition) is 1. The van der Waals surface area contributed by atoms with Crippen LogP contribution in [0.25, 0.3) is 11.6 Å². The van der Waals surface area contributed by atoms with Crippen LogP contribution in [0.1, 0.15) is 30.5 Å². The van der Waals surface area contributed by atoms with Gasteiger partial charge in [-0.15, -0.1) is 0 Å². The number of rotatable bonds is 5. The molecule has 0 bridgehead atoms. The van der Waals surface area contributed by atoms with Gasteiger partial charge in [0.1, 0.15) is 12.2 Å². The van der Waals surface area contributed by atoms with Crippen LogP contribution in [0.2, 0.25) is 10.0 Å². The molecule has 140 valence electrons. The summed E-state index contributed by atoms with van der Waals surface area (Å²) >= 11 is 12.3. The normalized spacial score (nSPS) is 19.6. The van der Waals surface area contributed by atoms with Crippen LogP contribution < -0.4 is 9.47 Å². The van der Waals surface area contributed by atoms with Gasteiger partial charge in [0, 0.05) is 24.4 Å². The molecule has 1 aliphatic carbocycles. The van der Waals surface area contributed by atoms with Crippen LogP contribution in [0.15, 0.2) is 24.5 Å². The molecular formula is C19H17Cl2N3O3. The summed E-state index contributed by atoms with van der Waals surface area (Å²) in [6, 6.07) is 5.46. The molecule has 1 N–H and O–H groups in total. The Labute approximate surface area is 167 Å². The number of hydrogen-bond acceptors (Lipinski definition) is 6.